The molecule has 0 saturated carbocycles. The van der Waals surface area contributed by atoms with Gasteiger partial charge in [-0.3, -0.25) is 4.79 Å². The van der Waals surface area contributed by atoms with Gasteiger partial charge in [-0.25, -0.2) is 26.7 Å². The largest absolute Gasteiger partial charge is 0.495 e. The Bertz CT molecular complexity index is 1290. The number of nitrogens with one attached hydrogen (secondary N) is 1. The number of rotatable bonds is 9. The van der Waals surface area contributed by atoms with Gasteiger partial charge in [-0.05, 0) is 52.6 Å². The first kappa shape index (κ1) is 27.8. The maximum absolute atomic E-state index is 13.0. The molecule has 2 aromatic carbocycles. The van der Waals surface area contributed by atoms with Gasteiger partial charge in [0.2, 0.25) is 26.0 Å². The zero-order valence-electron chi connectivity index (χ0n) is 20.3. The summed E-state index contributed by atoms with van der Waals surface area (Å²) in [5.74, 6) is -0.785. The van der Waals surface area contributed by atoms with E-state index in [4.69, 9.17) is 15.6 Å². The smallest absolute Gasteiger partial charge is 0.248 e. The molecule has 0 aliphatic carbocycles. The molecule has 0 unspecified atom stereocenters. The van der Waals surface area contributed by atoms with Crippen molar-refractivity contribution in [2.45, 2.75) is 62.2 Å². The van der Waals surface area contributed by atoms with E-state index < -0.39 is 31.4 Å². The number of hydrogen-bond acceptors (Lipinski definition) is 6. The average Bonchev–Trinajstić information content (AvgIpc) is 2.71. The van der Waals surface area contributed by atoms with E-state index in [2.05, 4.69) is 4.72 Å². The molecule has 34 heavy (non-hydrogen) atoms. The first-order chi connectivity index (χ1) is 15.5. The molecular formula is C23H33N3O6S2. The predicted molar refractivity (Wildman–Crippen MR) is 131 cm³/mol. The fourth-order valence-corrected chi connectivity index (χ4v) is 6.45. The van der Waals surface area contributed by atoms with Crippen LogP contribution in [0.3, 0.4) is 0 Å². The standard InChI is InChI=1S/C23H33N3O6S2/c1-14(2)17-9-7-15(20(23(3,4)5)21(17)33(25,28)29)11-12-26-34(30,31)19-13-16(22(24)27)8-10-18(19)32-6/h7-10,13-14,26H,11-12H2,1-6H3,(H2,24,27)(H2,25,28,29). The number of amides is 1. The van der Waals surface area contributed by atoms with Crippen molar-refractivity contribution in [3.8, 4) is 5.75 Å². The zero-order valence-corrected chi connectivity index (χ0v) is 21.9. The maximum Gasteiger partial charge on any atom is 0.248 e. The molecule has 11 heteroatoms. The lowest BCUT2D eigenvalue weighted by molar-refractivity contribution is 0.1000. The van der Waals surface area contributed by atoms with Crippen LogP contribution in [0.25, 0.3) is 0 Å². The van der Waals surface area contributed by atoms with E-state index in [9.17, 15) is 21.6 Å². The molecule has 0 fully saturated rings. The van der Waals surface area contributed by atoms with Crippen molar-refractivity contribution >= 4 is 26.0 Å². The second kappa shape index (κ2) is 10.0. The highest BCUT2D eigenvalue weighted by Gasteiger charge is 2.30. The van der Waals surface area contributed by atoms with Crippen LogP contribution >= 0.6 is 0 Å². The van der Waals surface area contributed by atoms with Gasteiger partial charge in [-0.1, -0.05) is 46.8 Å². The Balaban J connectivity index is 2.47. The van der Waals surface area contributed by atoms with E-state index in [1.807, 2.05) is 40.7 Å². The van der Waals surface area contributed by atoms with Crippen LogP contribution in [0.2, 0.25) is 0 Å². The van der Waals surface area contributed by atoms with Crippen molar-refractivity contribution in [3.05, 3.63) is 52.6 Å². The fraction of sp³-hybridized carbons (Fsp3) is 0.435. The molecule has 0 aromatic heterocycles. The third-order valence-corrected chi connectivity index (χ3v) is 7.85. The number of primary sulfonamides is 1. The number of primary amides is 1. The molecule has 0 bridgehead atoms. The number of sulfonamides is 2. The van der Waals surface area contributed by atoms with Crippen LogP contribution in [-0.4, -0.2) is 36.4 Å². The Labute approximate surface area is 202 Å². The van der Waals surface area contributed by atoms with Crippen LogP contribution in [0.5, 0.6) is 5.75 Å². The Morgan fingerprint density at radius 2 is 1.71 bits per heavy atom. The van der Waals surface area contributed by atoms with Gasteiger partial charge in [-0.2, -0.15) is 0 Å². The van der Waals surface area contributed by atoms with Crippen LogP contribution in [0.4, 0.5) is 0 Å². The molecule has 5 N–H and O–H groups in total. The monoisotopic (exact) mass is 511 g/mol. The van der Waals surface area contributed by atoms with Gasteiger partial charge in [0.05, 0.1) is 12.0 Å². The second-order valence-electron chi connectivity index (χ2n) is 9.35. The normalized spacial score (nSPS) is 12.7. The number of methoxy groups -OCH3 is 1. The third-order valence-electron chi connectivity index (χ3n) is 5.36. The van der Waals surface area contributed by atoms with Crippen molar-refractivity contribution in [2.75, 3.05) is 13.7 Å². The summed E-state index contributed by atoms with van der Waals surface area (Å²) in [5.41, 5.74) is 6.58. The highest BCUT2D eigenvalue weighted by Crippen LogP contribution is 2.37. The molecule has 9 nitrogen and oxygen atoms in total. The van der Waals surface area contributed by atoms with E-state index in [-0.39, 0.29) is 40.0 Å². The summed E-state index contributed by atoms with van der Waals surface area (Å²) in [5, 5.41) is 5.62. The van der Waals surface area contributed by atoms with E-state index >= 15 is 0 Å². The third kappa shape index (κ3) is 6.15. The fourth-order valence-electron chi connectivity index (χ4n) is 3.87. The predicted octanol–water partition coefficient (Wildman–Crippen LogP) is 2.38. The van der Waals surface area contributed by atoms with Crippen molar-refractivity contribution in [1.82, 2.24) is 4.72 Å². The van der Waals surface area contributed by atoms with E-state index in [1.54, 1.807) is 6.07 Å². The van der Waals surface area contributed by atoms with Crippen molar-refractivity contribution < 1.29 is 26.4 Å². The molecule has 0 spiro atoms. The topological polar surface area (TPSA) is 159 Å². The average molecular weight is 512 g/mol. The summed E-state index contributed by atoms with van der Waals surface area (Å²) in [4.78, 5) is 11.4. The van der Waals surface area contributed by atoms with Crippen LogP contribution in [-0.2, 0) is 31.9 Å². The lowest BCUT2D eigenvalue weighted by Crippen LogP contribution is -2.29. The number of carbonyl (C=O) groups is 1. The first-order valence-corrected chi connectivity index (χ1v) is 13.7. The summed E-state index contributed by atoms with van der Waals surface area (Å²) in [7, 11) is -6.78. The maximum atomic E-state index is 13.0. The summed E-state index contributed by atoms with van der Waals surface area (Å²) >= 11 is 0. The first-order valence-electron chi connectivity index (χ1n) is 10.7. The number of hydrogen-bond donors (Lipinski definition) is 3. The van der Waals surface area contributed by atoms with Crippen LogP contribution in [0.15, 0.2) is 40.1 Å². The number of nitrogens with two attached hydrogens (primary N) is 2. The molecule has 0 heterocycles. The molecule has 2 aromatic rings. The van der Waals surface area contributed by atoms with Gasteiger partial charge < -0.3 is 10.5 Å². The lowest BCUT2D eigenvalue weighted by atomic mass is 9.80. The van der Waals surface area contributed by atoms with Crippen LogP contribution in [0.1, 0.15) is 67.6 Å². The molecule has 0 atom stereocenters. The summed E-state index contributed by atoms with van der Waals surface area (Å²) in [6.07, 6.45) is 0.213. The molecule has 0 aliphatic rings. The minimum atomic E-state index is -4.06. The van der Waals surface area contributed by atoms with E-state index in [1.165, 1.54) is 19.2 Å². The molecule has 0 saturated heterocycles. The number of carbonyl (C=O) groups excluding carboxylic acids is 1. The van der Waals surface area contributed by atoms with Gasteiger partial charge in [0.1, 0.15) is 10.6 Å². The summed E-state index contributed by atoms with van der Waals surface area (Å²) in [6.45, 7) is 9.40. The second-order valence-corrected chi connectivity index (χ2v) is 12.6. The Kier molecular flexibility index (Phi) is 8.19. The van der Waals surface area contributed by atoms with Gasteiger partial charge >= 0.3 is 0 Å². The van der Waals surface area contributed by atoms with Gasteiger partial charge in [0.15, 0.2) is 0 Å². The molecule has 0 radical (unpaired) electrons. The highest BCUT2D eigenvalue weighted by molar-refractivity contribution is 7.89. The van der Waals surface area contributed by atoms with Crippen molar-refractivity contribution in [1.29, 1.82) is 0 Å². The van der Waals surface area contributed by atoms with Crippen LogP contribution < -0.4 is 20.3 Å². The van der Waals surface area contributed by atoms with Gasteiger partial charge in [0.25, 0.3) is 0 Å². The molecule has 188 valence electrons. The van der Waals surface area contributed by atoms with E-state index in [0.29, 0.717) is 16.7 Å². The lowest BCUT2D eigenvalue weighted by Gasteiger charge is -2.28. The van der Waals surface area contributed by atoms with Gasteiger partial charge in [-0.15, -0.1) is 0 Å². The van der Waals surface area contributed by atoms with Crippen molar-refractivity contribution in [2.24, 2.45) is 10.9 Å². The zero-order chi connectivity index (χ0) is 26.1. The quantitative estimate of drug-likeness (QED) is 0.469. The highest BCUT2D eigenvalue weighted by atomic mass is 32.2. The molecule has 2 rings (SSSR count). The summed E-state index contributed by atoms with van der Waals surface area (Å²) in [6, 6.07) is 7.42. The van der Waals surface area contributed by atoms with Crippen molar-refractivity contribution in [3.63, 3.8) is 0 Å². The number of benzene rings is 2. The molecule has 0 aliphatic heterocycles. The Morgan fingerprint density at radius 1 is 1.09 bits per heavy atom. The Hall–Kier alpha value is -2.47. The minimum absolute atomic E-state index is 0.0262. The minimum Gasteiger partial charge on any atom is -0.495 e. The van der Waals surface area contributed by atoms with Gasteiger partial charge in [0, 0.05) is 12.1 Å². The Morgan fingerprint density at radius 3 is 2.18 bits per heavy atom. The summed E-state index contributed by atoms with van der Waals surface area (Å²) < 4.78 is 58.7. The molecular weight excluding hydrogens is 478 g/mol. The molecule has 1 amide bonds. The van der Waals surface area contributed by atoms with E-state index in [0.717, 1.165) is 6.07 Å². The van der Waals surface area contributed by atoms with Crippen LogP contribution in [0, 0.1) is 0 Å². The SMILES string of the molecule is COc1ccc(C(N)=O)cc1S(=O)(=O)NCCc1ccc(C(C)C)c(S(N)(=O)=O)c1C(C)(C)C. The number of ether oxygens (including phenoxy) is 1.